The van der Waals surface area contributed by atoms with E-state index in [0.29, 0.717) is 18.9 Å². The van der Waals surface area contributed by atoms with Crippen molar-refractivity contribution in [3.8, 4) is 6.07 Å². The minimum Gasteiger partial charge on any atom is -0.306 e. The summed E-state index contributed by atoms with van der Waals surface area (Å²) in [5.74, 6) is 0.371. The zero-order valence-electron chi connectivity index (χ0n) is 9.81. The maximum Gasteiger partial charge on any atom is 0.227 e. The normalized spacial score (nSPS) is 24.2. The number of nitriles is 1. The average Bonchev–Trinajstić information content (AvgIpc) is 2.63. The molecule has 0 bridgehead atoms. The fourth-order valence-corrected chi connectivity index (χ4v) is 3.15. The van der Waals surface area contributed by atoms with E-state index in [1.807, 2.05) is 13.1 Å². The van der Waals surface area contributed by atoms with Crippen LogP contribution in [0.15, 0.2) is 0 Å². The van der Waals surface area contributed by atoms with Crippen LogP contribution in [0, 0.1) is 17.2 Å². The van der Waals surface area contributed by atoms with Crippen LogP contribution in [0.3, 0.4) is 0 Å². The van der Waals surface area contributed by atoms with Gasteiger partial charge in [0, 0.05) is 13.1 Å². The van der Waals surface area contributed by atoms with E-state index in [9.17, 15) is 8.42 Å². The summed E-state index contributed by atoms with van der Waals surface area (Å²) in [5, 5.41) is 7.79. The lowest BCUT2D eigenvalue weighted by Crippen LogP contribution is -2.36. The summed E-state index contributed by atoms with van der Waals surface area (Å²) in [4.78, 5) is 2.18. The van der Waals surface area contributed by atoms with E-state index in [1.165, 1.54) is 0 Å². The summed E-state index contributed by atoms with van der Waals surface area (Å²) < 4.78 is 25.9. The lowest BCUT2D eigenvalue weighted by molar-refractivity contribution is 0.394. The van der Waals surface area contributed by atoms with Crippen molar-refractivity contribution in [1.29, 1.82) is 5.26 Å². The highest BCUT2D eigenvalue weighted by atomic mass is 32.2. The van der Waals surface area contributed by atoms with Crippen molar-refractivity contribution in [3.63, 3.8) is 0 Å². The summed E-state index contributed by atoms with van der Waals surface area (Å²) in [6, 6.07) is 1.82. The number of sulfonamides is 1. The van der Waals surface area contributed by atoms with Gasteiger partial charge >= 0.3 is 0 Å². The van der Waals surface area contributed by atoms with Gasteiger partial charge in [-0.1, -0.05) is 6.92 Å². The molecule has 0 amide bonds. The molecule has 0 saturated carbocycles. The van der Waals surface area contributed by atoms with Crippen molar-refractivity contribution >= 4 is 10.0 Å². The molecule has 1 saturated heterocycles. The molecule has 1 aliphatic rings. The maximum absolute atomic E-state index is 11.7. The molecule has 0 aromatic heterocycles. The molecule has 16 heavy (non-hydrogen) atoms. The minimum atomic E-state index is -3.46. The van der Waals surface area contributed by atoms with Gasteiger partial charge in [0.15, 0.2) is 5.25 Å². The Labute approximate surface area is 97.5 Å². The predicted octanol–water partition coefficient (Wildman–Crippen LogP) is 0.160. The maximum atomic E-state index is 11.7. The second kappa shape index (κ2) is 5.62. The topological polar surface area (TPSA) is 73.2 Å². The molecule has 0 spiro atoms. The highest BCUT2D eigenvalue weighted by molar-refractivity contribution is 7.90. The van der Waals surface area contributed by atoms with Gasteiger partial charge in [-0.15, -0.1) is 0 Å². The molecule has 0 aromatic carbocycles. The molecule has 1 aliphatic heterocycles. The standard InChI is InChI=1S/C10H19N3O2S/c1-3-10(6-11)16(14,15)12-7-9-4-5-13(2)8-9/h9-10,12H,3-5,7-8H2,1-2H3. The first-order valence-electron chi connectivity index (χ1n) is 5.56. The van der Waals surface area contributed by atoms with Crippen molar-refractivity contribution in [3.05, 3.63) is 0 Å². The van der Waals surface area contributed by atoms with Gasteiger partial charge in [0.1, 0.15) is 0 Å². The van der Waals surface area contributed by atoms with E-state index in [4.69, 9.17) is 5.26 Å². The van der Waals surface area contributed by atoms with E-state index in [2.05, 4.69) is 9.62 Å². The quantitative estimate of drug-likeness (QED) is 0.749. The Hall–Kier alpha value is -0.640. The number of rotatable bonds is 5. The molecule has 2 atom stereocenters. The molecule has 0 aromatic rings. The Balaban J connectivity index is 2.45. The van der Waals surface area contributed by atoms with Crippen molar-refractivity contribution in [2.75, 3.05) is 26.7 Å². The van der Waals surface area contributed by atoms with Gasteiger partial charge in [-0.05, 0) is 32.4 Å². The molecule has 0 aliphatic carbocycles. The summed E-state index contributed by atoms with van der Waals surface area (Å²) in [5.41, 5.74) is 0. The van der Waals surface area contributed by atoms with Gasteiger partial charge in [-0.3, -0.25) is 0 Å². The molecule has 1 heterocycles. The lowest BCUT2D eigenvalue weighted by atomic mass is 10.1. The van der Waals surface area contributed by atoms with Gasteiger partial charge in [0.25, 0.3) is 0 Å². The van der Waals surface area contributed by atoms with Crippen LogP contribution in [0.1, 0.15) is 19.8 Å². The van der Waals surface area contributed by atoms with Gasteiger partial charge in [-0.25, -0.2) is 13.1 Å². The molecule has 1 fully saturated rings. The Morgan fingerprint density at radius 2 is 2.31 bits per heavy atom. The van der Waals surface area contributed by atoms with E-state index >= 15 is 0 Å². The lowest BCUT2D eigenvalue weighted by Gasteiger charge is -2.14. The average molecular weight is 245 g/mol. The molecular formula is C10H19N3O2S. The van der Waals surface area contributed by atoms with Crippen LogP contribution in [-0.4, -0.2) is 45.2 Å². The van der Waals surface area contributed by atoms with Gasteiger partial charge in [0.05, 0.1) is 6.07 Å². The van der Waals surface area contributed by atoms with Crippen LogP contribution >= 0.6 is 0 Å². The molecule has 92 valence electrons. The second-order valence-electron chi connectivity index (χ2n) is 4.34. The molecule has 6 heteroatoms. The zero-order chi connectivity index (χ0) is 12.2. The molecular weight excluding hydrogens is 226 g/mol. The van der Waals surface area contributed by atoms with E-state index in [0.717, 1.165) is 19.5 Å². The first-order chi connectivity index (χ1) is 7.49. The molecule has 5 nitrogen and oxygen atoms in total. The van der Waals surface area contributed by atoms with Crippen LogP contribution < -0.4 is 4.72 Å². The highest BCUT2D eigenvalue weighted by Gasteiger charge is 2.26. The van der Waals surface area contributed by atoms with E-state index < -0.39 is 15.3 Å². The number of hydrogen-bond acceptors (Lipinski definition) is 4. The van der Waals surface area contributed by atoms with Crippen molar-refractivity contribution in [2.24, 2.45) is 5.92 Å². The third kappa shape index (κ3) is 3.44. The van der Waals surface area contributed by atoms with Crippen molar-refractivity contribution in [2.45, 2.75) is 25.0 Å². The number of nitrogens with one attached hydrogen (secondary N) is 1. The van der Waals surface area contributed by atoms with E-state index in [-0.39, 0.29) is 0 Å². The van der Waals surface area contributed by atoms with Crippen molar-refractivity contribution < 1.29 is 8.42 Å². The summed E-state index contributed by atoms with van der Waals surface area (Å²) in [6.07, 6.45) is 1.35. The SMILES string of the molecule is CCC(C#N)S(=O)(=O)NCC1CCN(C)C1. The Morgan fingerprint density at radius 3 is 2.75 bits per heavy atom. The number of nitrogens with zero attached hydrogens (tertiary/aromatic N) is 2. The van der Waals surface area contributed by atoms with Crippen LogP contribution in [0.4, 0.5) is 0 Å². The second-order valence-corrected chi connectivity index (χ2v) is 6.28. The monoisotopic (exact) mass is 245 g/mol. The van der Waals surface area contributed by atoms with Crippen LogP contribution in [0.5, 0.6) is 0 Å². The summed E-state index contributed by atoms with van der Waals surface area (Å²) in [6.45, 7) is 4.09. The van der Waals surface area contributed by atoms with Crippen LogP contribution in [0.25, 0.3) is 0 Å². The van der Waals surface area contributed by atoms with Crippen LogP contribution in [0.2, 0.25) is 0 Å². The van der Waals surface area contributed by atoms with E-state index in [1.54, 1.807) is 6.92 Å². The zero-order valence-corrected chi connectivity index (χ0v) is 10.6. The molecule has 1 rings (SSSR count). The first kappa shape index (κ1) is 13.4. The van der Waals surface area contributed by atoms with Crippen LogP contribution in [-0.2, 0) is 10.0 Å². The largest absolute Gasteiger partial charge is 0.306 e. The Kier molecular flexibility index (Phi) is 4.71. The minimum absolute atomic E-state index is 0.330. The molecule has 1 N–H and O–H groups in total. The number of hydrogen-bond donors (Lipinski definition) is 1. The van der Waals surface area contributed by atoms with Gasteiger partial charge in [-0.2, -0.15) is 5.26 Å². The van der Waals surface area contributed by atoms with Gasteiger partial charge in [0.2, 0.25) is 10.0 Å². The first-order valence-corrected chi connectivity index (χ1v) is 7.11. The summed E-state index contributed by atoms with van der Waals surface area (Å²) in [7, 11) is -1.43. The molecule has 2 unspecified atom stereocenters. The third-order valence-electron chi connectivity index (χ3n) is 2.95. The third-order valence-corrected chi connectivity index (χ3v) is 4.71. The van der Waals surface area contributed by atoms with Crippen molar-refractivity contribution in [1.82, 2.24) is 9.62 Å². The fourth-order valence-electron chi connectivity index (χ4n) is 1.91. The molecule has 0 radical (unpaired) electrons. The predicted molar refractivity (Wildman–Crippen MR) is 62.2 cm³/mol. The smallest absolute Gasteiger partial charge is 0.227 e. The summed E-state index contributed by atoms with van der Waals surface area (Å²) >= 11 is 0. The Bertz CT molecular complexity index is 361. The highest BCUT2D eigenvalue weighted by Crippen LogP contribution is 2.14. The number of likely N-dealkylation sites (tertiary alicyclic amines) is 1. The Morgan fingerprint density at radius 1 is 1.62 bits per heavy atom. The van der Waals surface area contributed by atoms with Gasteiger partial charge < -0.3 is 4.90 Å². The fraction of sp³-hybridized carbons (Fsp3) is 0.900.